The SMILES string of the molecule is CC(C)(C)c1cc(NC(=O)[C@@H]2CS[C@H](c3ccc(NC(=N)c4cccs4)cc3)N2)cc(C(C)(C)C)c1O.O=C(O)/C=C/C(=O)O. The Labute approximate surface area is 271 Å². The first-order valence-electron chi connectivity index (χ1n) is 14.2. The first kappa shape index (κ1) is 35.4. The molecule has 1 aliphatic rings. The zero-order valence-corrected chi connectivity index (χ0v) is 27.7. The molecule has 1 aliphatic heterocycles. The number of benzene rings is 2. The fourth-order valence-electron chi connectivity index (χ4n) is 4.41. The third-order valence-corrected chi connectivity index (χ3v) is 8.87. The number of thiophene rings is 1. The van der Waals surface area contributed by atoms with E-state index in [4.69, 9.17) is 15.6 Å². The zero-order chi connectivity index (χ0) is 33.5. The number of carboxylic acids is 2. The summed E-state index contributed by atoms with van der Waals surface area (Å²) in [6.07, 6.45) is 1.12. The molecule has 0 bridgehead atoms. The molecule has 4 rings (SSSR count). The van der Waals surface area contributed by atoms with Crippen LogP contribution in [0, 0.1) is 5.41 Å². The van der Waals surface area contributed by atoms with Crippen LogP contribution in [0.4, 0.5) is 11.4 Å². The number of aliphatic carboxylic acids is 2. The second-order valence-corrected chi connectivity index (χ2v) is 14.5. The van der Waals surface area contributed by atoms with Crippen LogP contribution in [-0.2, 0) is 25.2 Å². The van der Waals surface area contributed by atoms with Gasteiger partial charge in [-0.2, -0.15) is 0 Å². The van der Waals surface area contributed by atoms with Gasteiger partial charge in [-0.25, -0.2) is 9.59 Å². The van der Waals surface area contributed by atoms with Crippen LogP contribution >= 0.6 is 23.1 Å². The number of carbonyl (C=O) groups excluding carboxylic acids is 1. The van der Waals surface area contributed by atoms with Gasteiger partial charge in [0.25, 0.3) is 0 Å². The molecule has 10 nitrogen and oxygen atoms in total. The fourth-order valence-corrected chi connectivity index (χ4v) is 6.28. The molecule has 3 aromatic rings. The van der Waals surface area contributed by atoms with Gasteiger partial charge in [-0.1, -0.05) is 59.7 Å². The Bertz CT molecular complexity index is 1500. The summed E-state index contributed by atoms with van der Waals surface area (Å²) < 4.78 is 0. The quantitative estimate of drug-likeness (QED) is 0.0648. The number of phenolic OH excluding ortho intramolecular Hbond substituents is 1. The maximum absolute atomic E-state index is 13.2. The molecule has 2 aromatic carbocycles. The maximum Gasteiger partial charge on any atom is 0.328 e. The van der Waals surface area contributed by atoms with E-state index in [-0.39, 0.29) is 28.2 Å². The van der Waals surface area contributed by atoms with Gasteiger partial charge in [-0.3, -0.25) is 15.5 Å². The molecule has 0 radical (unpaired) electrons. The Balaban J connectivity index is 0.000000610. The van der Waals surface area contributed by atoms with Gasteiger partial charge in [-0.15, -0.1) is 23.1 Å². The van der Waals surface area contributed by atoms with Crippen molar-refractivity contribution < 1.29 is 29.7 Å². The molecule has 12 heteroatoms. The Morgan fingerprint density at radius 3 is 1.91 bits per heavy atom. The summed E-state index contributed by atoms with van der Waals surface area (Å²) in [6.45, 7) is 12.4. The topological polar surface area (TPSA) is 172 Å². The summed E-state index contributed by atoms with van der Waals surface area (Å²) in [7, 11) is 0. The average molecular weight is 653 g/mol. The molecule has 0 unspecified atom stereocenters. The predicted octanol–water partition coefficient (Wildman–Crippen LogP) is 6.54. The van der Waals surface area contributed by atoms with Gasteiger partial charge in [0.2, 0.25) is 5.91 Å². The molecular weight excluding hydrogens is 613 g/mol. The lowest BCUT2D eigenvalue weighted by atomic mass is 9.79. The molecular formula is C33H40N4O6S2. The first-order chi connectivity index (χ1) is 21.0. The molecule has 2 atom stereocenters. The second-order valence-electron chi connectivity index (χ2n) is 12.5. The third-order valence-electron chi connectivity index (χ3n) is 6.71. The van der Waals surface area contributed by atoms with Crippen LogP contribution in [0.5, 0.6) is 5.75 Å². The zero-order valence-electron chi connectivity index (χ0n) is 26.1. The van der Waals surface area contributed by atoms with Crippen LogP contribution < -0.4 is 16.0 Å². The number of nitrogens with one attached hydrogen (secondary N) is 4. The second kappa shape index (κ2) is 14.8. The first-order valence-corrected chi connectivity index (χ1v) is 16.1. The van der Waals surface area contributed by atoms with E-state index >= 15 is 0 Å². The highest BCUT2D eigenvalue weighted by molar-refractivity contribution is 7.99. The molecule has 1 saturated heterocycles. The number of aromatic hydroxyl groups is 1. The molecule has 0 aliphatic carbocycles. The minimum Gasteiger partial charge on any atom is -0.507 e. The lowest BCUT2D eigenvalue weighted by Gasteiger charge is -2.28. The van der Waals surface area contributed by atoms with Crippen LogP contribution in [0.3, 0.4) is 0 Å². The molecule has 1 fully saturated rings. The number of hydrogen-bond donors (Lipinski definition) is 7. The molecule has 240 valence electrons. The van der Waals surface area contributed by atoms with Crippen LogP contribution in [0.25, 0.3) is 0 Å². The summed E-state index contributed by atoms with van der Waals surface area (Å²) in [4.78, 5) is 33.2. The highest BCUT2D eigenvalue weighted by atomic mass is 32.2. The Hall–Kier alpha value is -4.13. The van der Waals surface area contributed by atoms with Crippen molar-refractivity contribution in [1.82, 2.24) is 5.32 Å². The molecule has 1 aromatic heterocycles. The number of hydrogen-bond acceptors (Lipinski definition) is 8. The van der Waals surface area contributed by atoms with E-state index in [1.165, 1.54) is 11.3 Å². The molecule has 7 N–H and O–H groups in total. The largest absolute Gasteiger partial charge is 0.507 e. The van der Waals surface area contributed by atoms with Gasteiger partial charge in [0.15, 0.2) is 0 Å². The third kappa shape index (κ3) is 10.2. The van der Waals surface area contributed by atoms with Crippen LogP contribution in [0.2, 0.25) is 0 Å². The van der Waals surface area contributed by atoms with E-state index in [1.54, 1.807) is 11.8 Å². The summed E-state index contributed by atoms with van der Waals surface area (Å²) in [5.74, 6) is -1.25. The van der Waals surface area contributed by atoms with Gasteiger partial charge in [0, 0.05) is 40.4 Å². The van der Waals surface area contributed by atoms with Crippen molar-refractivity contribution in [2.45, 2.75) is 63.8 Å². The summed E-state index contributed by atoms with van der Waals surface area (Å²) in [5.41, 5.74) is 3.77. The predicted molar refractivity (Wildman–Crippen MR) is 182 cm³/mol. The number of carbonyl (C=O) groups is 3. The summed E-state index contributed by atoms with van der Waals surface area (Å²) in [6, 6.07) is 15.3. The van der Waals surface area contributed by atoms with E-state index in [1.807, 2.05) is 53.9 Å². The number of carboxylic acid groups (broad SMARTS) is 2. The Kier molecular flexibility index (Phi) is 11.6. The molecule has 0 spiro atoms. The van der Waals surface area contributed by atoms with E-state index in [0.717, 1.165) is 27.3 Å². The van der Waals surface area contributed by atoms with Crippen LogP contribution in [0.15, 0.2) is 66.1 Å². The molecule has 1 amide bonds. The minimum atomic E-state index is -1.26. The van der Waals surface area contributed by atoms with Gasteiger partial charge in [0.05, 0.1) is 16.3 Å². The number of anilines is 2. The Morgan fingerprint density at radius 1 is 0.889 bits per heavy atom. The van der Waals surface area contributed by atoms with Crippen molar-refractivity contribution in [2.24, 2.45) is 0 Å². The number of amides is 1. The van der Waals surface area contributed by atoms with Gasteiger partial charge in [-0.05, 0) is 52.1 Å². The number of phenols is 1. The minimum absolute atomic E-state index is 0.0108. The Morgan fingerprint density at radius 2 is 1.44 bits per heavy atom. The molecule has 0 saturated carbocycles. The van der Waals surface area contributed by atoms with E-state index in [0.29, 0.717) is 35.2 Å². The molecule has 2 heterocycles. The van der Waals surface area contributed by atoms with Crippen molar-refractivity contribution in [2.75, 3.05) is 16.4 Å². The normalized spacial score (nSPS) is 16.5. The van der Waals surface area contributed by atoms with Crippen molar-refractivity contribution in [3.8, 4) is 5.75 Å². The number of thioether (sulfide) groups is 1. The van der Waals surface area contributed by atoms with Crippen molar-refractivity contribution in [3.05, 3.63) is 87.6 Å². The van der Waals surface area contributed by atoms with Crippen LogP contribution in [0.1, 0.15) is 68.5 Å². The number of amidine groups is 1. The van der Waals surface area contributed by atoms with Gasteiger partial charge < -0.3 is 26.0 Å². The van der Waals surface area contributed by atoms with Crippen molar-refractivity contribution in [1.29, 1.82) is 5.41 Å². The summed E-state index contributed by atoms with van der Waals surface area (Å²) >= 11 is 3.24. The lowest BCUT2D eigenvalue weighted by Crippen LogP contribution is -2.38. The number of rotatable bonds is 7. The smallest absolute Gasteiger partial charge is 0.328 e. The van der Waals surface area contributed by atoms with Gasteiger partial charge in [0.1, 0.15) is 11.6 Å². The fraction of sp³-hybridized carbons (Fsp3) is 0.333. The van der Waals surface area contributed by atoms with Crippen molar-refractivity contribution >= 4 is 58.2 Å². The van der Waals surface area contributed by atoms with E-state index in [2.05, 4.69) is 57.5 Å². The highest BCUT2D eigenvalue weighted by Gasteiger charge is 2.32. The van der Waals surface area contributed by atoms with E-state index < -0.39 is 11.9 Å². The average Bonchev–Trinajstić information content (AvgIpc) is 3.66. The van der Waals surface area contributed by atoms with Gasteiger partial charge >= 0.3 is 11.9 Å². The lowest BCUT2D eigenvalue weighted by molar-refractivity contribution is -0.134. The maximum atomic E-state index is 13.2. The standard InChI is InChI=1S/C29H36N4O2S2.C4H4O4/c1-28(2,3)20-14-19(15-21(24(20)34)29(4,5)6)32-26(35)22-16-37-27(33-22)17-9-11-18(12-10-17)31-25(30)23-8-7-13-36-23;5-3(6)1-2-4(7)8/h7-15,22,27,33-34H,16H2,1-6H3,(H2,30,31)(H,32,35);1-2H,(H,5,6)(H,7,8)/b;2-1+/t22-,27+;/m0./s1. The summed E-state index contributed by atoms with van der Waals surface area (Å²) in [5, 5.41) is 46.4. The monoisotopic (exact) mass is 652 g/mol. The van der Waals surface area contributed by atoms with Crippen LogP contribution in [-0.4, -0.2) is 50.8 Å². The highest BCUT2D eigenvalue weighted by Crippen LogP contribution is 2.41. The van der Waals surface area contributed by atoms with E-state index in [9.17, 15) is 19.5 Å². The van der Waals surface area contributed by atoms with Crippen molar-refractivity contribution in [3.63, 3.8) is 0 Å². The molecule has 45 heavy (non-hydrogen) atoms.